The minimum absolute atomic E-state index is 0.0790. The Morgan fingerprint density at radius 1 is 0.731 bits per heavy atom. The zero-order valence-electron chi connectivity index (χ0n) is 16.9. The fourth-order valence-corrected chi connectivity index (χ4v) is 3.82. The van der Waals surface area contributed by atoms with Gasteiger partial charge in [0.1, 0.15) is 5.82 Å². The summed E-state index contributed by atoms with van der Waals surface area (Å²) in [4.78, 5) is 0. The van der Waals surface area contributed by atoms with Crippen LogP contribution in [0.3, 0.4) is 0 Å². The molecular formula is C24H32ClF. The van der Waals surface area contributed by atoms with Gasteiger partial charge in [0.15, 0.2) is 0 Å². The summed E-state index contributed by atoms with van der Waals surface area (Å²) in [5, 5.41) is 0.865. The Kier molecular flexibility index (Phi) is 7.29. The number of benzene rings is 2. The van der Waals surface area contributed by atoms with Crippen molar-refractivity contribution in [2.24, 2.45) is 0 Å². The zero-order chi connectivity index (χ0) is 19.4. The summed E-state index contributed by atoms with van der Waals surface area (Å²) in [7, 11) is 0. The van der Waals surface area contributed by atoms with E-state index < -0.39 is 0 Å². The second-order valence-electron chi connectivity index (χ2n) is 8.25. The van der Waals surface area contributed by atoms with E-state index in [9.17, 15) is 4.39 Å². The first-order valence-corrected chi connectivity index (χ1v) is 10.2. The summed E-state index contributed by atoms with van der Waals surface area (Å²) in [5.41, 5.74) is 4.37. The maximum absolute atomic E-state index is 14.3. The molecule has 0 heterocycles. The van der Waals surface area contributed by atoms with E-state index in [0.717, 1.165) is 29.0 Å². The lowest BCUT2D eigenvalue weighted by atomic mass is 9.87. The molecule has 0 saturated heterocycles. The molecule has 0 aromatic heterocycles. The first-order chi connectivity index (χ1) is 12.2. The van der Waals surface area contributed by atoms with E-state index in [0.29, 0.717) is 17.8 Å². The van der Waals surface area contributed by atoms with Gasteiger partial charge in [0, 0.05) is 5.02 Å². The van der Waals surface area contributed by atoms with Crippen LogP contribution in [-0.4, -0.2) is 0 Å². The third-order valence-corrected chi connectivity index (χ3v) is 5.80. The standard InChI is InChI=1S/C24H32ClF/c1-15(2)19-9-12-22(23(25)13-19)18(6)8-7-17(5)20-10-11-21(16(3)4)24(26)14-20/h9-18H,7-8H2,1-6H3. The van der Waals surface area contributed by atoms with Gasteiger partial charge >= 0.3 is 0 Å². The van der Waals surface area contributed by atoms with Crippen molar-refractivity contribution in [3.8, 4) is 0 Å². The third kappa shape index (κ3) is 5.10. The van der Waals surface area contributed by atoms with Crippen LogP contribution < -0.4 is 0 Å². The molecule has 2 aromatic carbocycles. The first kappa shape index (κ1) is 21.0. The van der Waals surface area contributed by atoms with Crippen LogP contribution in [0.2, 0.25) is 5.02 Å². The van der Waals surface area contributed by atoms with E-state index in [-0.39, 0.29) is 11.7 Å². The summed E-state index contributed by atoms with van der Waals surface area (Å²) in [5.74, 6) is 1.36. The maximum Gasteiger partial charge on any atom is 0.126 e. The van der Waals surface area contributed by atoms with Crippen molar-refractivity contribution in [2.75, 3.05) is 0 Å². The second kappa shape index (κ2) is 9.04. The Bertz CT molecular complexity index is 733. The van der Waals surface area contributed by atoms with Crippen LogP contribution in [-0.2, 0) is 0 Å². The lowest BCUT2D eigenvalue weighted by Crippen LogP contribution is -2.02. The molecule has 0 N–H and O–H groups in total. The highest BCUT2D eigenvalue weighted by Gasteiger charge is 2.15. The Morgan fingerprint density at radius 3 is 1.85 bits per heavy atom. The van der Waals surface area contributed by atoms with Crippen LogP contribution in [0.1, 0.15) is 100 Å². The van der Waals surface area contributed by atoms with Gasteiger partial charge in [0.05, 0.1) is 0 Å². The van der Waals surface area contributed by atoms with Crippen LogP contribution >= 0.6 is 11.6 Å². The van der Waals surface area contributed by atoms with Gasteiger partial charge in [-0.25, -0.2) is 4.39 Å². The Balaban J connectivity index is 2.03. The molecule has 0 bridgehead atoms. The van der Waals surface area contributed by atoms with Gasteiger partial charge in [0.2, 0.25) is 0 Å². The molecule has 0 aliphatic carbocycles. The number of hydrogen-bond donors (Lipinski definition) is 0. The van der Waals surface area contributed by atoms with Gasteiger partial charge in [-0.2, -0.15) is 0 Å². The molecule has 0 aliphatic heterocycles. The molecule has 0 aliphatic rings. The summed E-state index contributed by atoms with van der Waals surface area (Å²) in [6.45, 7) is 12.8. The van der Waals surface area contributed by atoms with Crippen molar-refractivity contribution in [2.45, 2.75) is 78.1 Å². The molecule has 0 spiro atoms. The van der Waals surface area contributed by atoms with Crippen molar-refractivity contribution in [3.05, 3.63) is 69.5 Å². The van der Waals surface area contributed by atoms with E-state index in [2.05, 4.69) is 52.0 Å². The number of hydrogen-bond acceptors (Lipinski definition) is 0. The summed E-state index contributed by atoms with van der Waals surface area (Å²) >= 11 is 6.52. The average molecular weight is 375 g/mol. The molecule has 0 saturated carbocycles. The monoisotopic (exact) mass is 374 g/mol. The highest BCUT2D eigenvalue weighted by molar-refractivity contribution is 6.31. The summed E-state index contributed by atoms with van der Waals surface area (Å²) < 4.78 is 14.3. The fraction of sp³-hybridized carbons (Fsp3) is 0.500. The van der Waals surface area contributed by atoms with E-state index in [4.69, 9.17) is 11.6 Å². The Hall–Kier alpha value is -1.34. The molecule has 142 valence electrons. The lowest BCUT2D eigenvalue weighted by molar-refractivity contribution is 0.562. The molecular weight excluding hydrogens is 343 g/mol. The van der Waals surface area contributed by atoms with Crippen molar-refractivity contribution >= 4 is 11.6 Å². The third-order valence-electron chi connectivity index (χ3n) is 5.47. The molecule has 2 atom stereocenters. The summed E-state index contributed by atoms with van der Waals surface area (Å²) in [6.07, 6.45) is 2.05. The quantitative estimate of drug-likeness (QED) is 0.456. The van der Waals surface area contributed by atoms with E-state index in [1.807, 2.05) is 19.9 Å². The van der Waals surface area contributed by atoms with Gasteiger partial charge < -0.3 is 0 Å². The molecule has 0 amide bonds. The van der Waals surface area contributed by atoms with Gasteiger partial charge in [-0.1, -0.05) is 77.4 Å². The maximum atomic E-state index is 14.3. The van der Waals surface area contributed by atoms with Crippen LogP contribution in [0.5, 0.6) is 0 Å². The highest BCUT2D eigenvalue weighted by atomic mass is 35.5. The normalized spacial score (nSPS) is 14.1. The smallest absolute Gasteiger partial charge is 0.126 e. The lowest BCUT2D eigenvalue weighted by Gasteiger charge is -2.19. The Labute approximate surface area is 163 Å². The predicted octanol–water partition coefficient (Wildman–Crippen LogP) is 8.41. The van der Waals surface area contributed by atoms with Crippen LogP contribution in [0.25, 0.3) is 0 Å². The van der Waals surface area contributed by atoms with Crippen LogP contribution in [0, 0.1) is 5.82 Å². The first-order valence-electron chi connectivity index (χ1n) is 9.79. The van der Waals surface area contributed by atoms with Gasteiger partial charge in [-0.15, -0.1) is 0 Å². The molecule has 2 rings (SSSR count). The van der Waals surface area contributed by atoms with E-state index in [1.165, 1.54) is 11.1 Å². The van der Waals surface area contributed by atoms with Crippen LogP contribution in [0.4, 0.5) is 4.39 Å². The number of halogens is 2. The molecule has 26 heavy (non-hydrogen) atoms. The average Bonchev–Trinajstić information content (AvgIpc) is 2.58. The van der Waals surface area contributed by atoms with Crippen molar-refractivity contribution in [1.82, 2.24) is 0 Å². The van der Waals surface area contributed by atoms with Crippen molar-refractivity contribution < 1.29 is 4.39 Å². The minimum atomic E-state index is -0.0790. The fourth-order valence-electron chi connectivity index (χ4n) is 3.44. The van der Waals surface area contributed by atoms with Gasteiger partial charge in [-0.3, -0.25) is 0 Å². The molecule has 2 unspecified atom stereocenters. The van der Waals surface area contributed by atoms with Gasteiger partial charge in [-0.05, 0) is 70.9 Å². The van der Waals surface area contributed by atoms with Crippen molar-refractivity contribution in [1.29, 1.82) is 0 Å². The highest BCUT2D eigenvalue weighted by Crippen LogP contribution is 2.33. The van der Waals surface area contributed by atoms with Gasteiger partial charge in [0.25, 0.3) is 0 Å². The SMILES string of the molecule is CC(C)c1ccc(C(C)CCC(C)c2ccc(C(C)C)c(F)c2)c(Cl)c1. The predicted molar refractivity (Wildman–Crippen MR) is 112 cm³/mol. The number of rotatable bonds is 7. The topological polar surface area (TPSA) is 0 Å². The molecule has 2 heteroatoms. The van der Waals surface area contributed by atoms with Crippen LogP contribution in [0.15, 0.2) is 36.4 Å². The molecule has 0 nitrogen and oxygen atoms in total. The zero-order valence-corrected chi connectivity index (χ0v) is 17.7. The molecule has 0 fully saturated rings. The largest absolute Gasteiger partial charge is 0.207 e. The van der Waals surface area contributed by atoms with E-state index >= 15 is 0 Å². The molecule has 0 radical (unpaired) electrons. The molecule has 2 aromatic rings. The van der Waals surface area contributed by atoms with E-state index in [1.54, 1.807) is 6.07 Å². The summed E-state index contributed by atoms with van der Waals surface area (Å²) in [6, 6.07) is 12.2. The Morgan fingerprint density at radius 2 is 1.31 bits per heavy atom. The minimum Gasteiger partial charge on any atom is -0.207 e. The van der Waals surface area contributed by atoms with Crippen molar-refractivity contribution in [3.63, 3.8) is 0 Å². The second-order valence-corrected chi connectivity index (χ2v) is 8.66.